The van der Waals surface area contributed by atoms with Crippen LogP contribution in [0.25, 0.3) is 0 Å². The average Bonchev–Trinajstić information content (AvgIpc) is 2.70. The van der Waals surface area contributed by atoms with E-state index in [0.717, 1.165) is 19.3 Å². The Labute approximate surface area is 174 Å². The number of nitrogens with one attached hydrogen (secondary N) is 1. The number of halogens is 1. The number of benzene rings is 1. The van der Waals surface area contributed by atoms with Gasteiger partial charge in [-0.25, -0.2) is 0 Å². The minimum absolute atomic E-state index is 0.0656. The first-order valence-corrected chi connectivity index (χ1v) is 10.0. The Morgan fingerprint density at radius 1 is 1.24 bits per heavy atom. The Balaban J connectivity index is 1.91. The van der Waals surface area contributed by atoms with Gasteiger partial charge in [0.05, 0.1) is 16.4 Å². The molecule has 29 heavy (non-hydrogen) atoms. The first-order chi connectivity index (χ1) is 13.9. The number of nitrogens with zero attached hydrogens (tertiary/aromatic N) is 1. The largest absolute Gasteiger partial charge is 0.482 e. The number of ether oxygens (including phenoxy) is 1. The molecule has 0 aromatic heterocycles. The molecular formula is C21H24ClN3O4. The topological polar surface area (TPSA) is 102 Å². The average molecular weight is 418 g/mol. The highest BCUT2D eigenvalue weighted by Crippen LogP contribution is 2.39. The number of primary amides is 1. The van der Waals surface area contributed by atoms with E-state index in [1.54, 1.807) is 17.0 Å². The Kier molecular flexibility index (Phi) is 6.59. The number of anilines is 2. The second-order valence-corrected chi connectivity index (χ2v) is 7.36. The van der Waals surface area contributed by atoms with Crippen LogP contribution in [0.15, 0.2) is 35.4 Å². The number of fused-ring (bicyclic) bond motifs is 1. The van der Waals surface area contributed by atoms with Crippen LogP contribution in [0.3, 0.4) is 0 Å². The van der Waals surface area contributed by atoms with Crippen LogP contribution in [0.1, 0.15) is 39.0 Å². The standard InChI is InChI=1S/C21H24ClN3O4/c1-2-3-6-9-25-17-11-16(15(22)10-18(17)29-12-19(25)26)24-21(28)14-8-5-4-7-13(14)20(23)27/h3,6,10-11H,2,4-5,7-9,12H2,1H3,(H2,23,27)(H,24,28)/b6-3+. The van der Waals surface area contributed by atoms with E-state index in [9.17, 15) is 14.4 Å². The molecule has 0 spiro atoms. The van der Waals surface area contributed by atoms with E-state index in [-0.39, 0.29) is 17.5 Å². The van der Waals surface area contributed by atoms with Gasteiger partial charge in [0.15, 0.2) is 6.61 Å². The van der Waals surface area contributed by atoms with Gasteiger partial charge in [0.25, 0.3) is 11.8 Å². The molecule has 0 radical (unpaired) electrons. The molecule has 3 N–H and O–H groups in total. The van der Waals surface area contributed by atoms with Gasteiger partial charge in [0.1, 0.15) is 5.75 Å². The predicted molar refractivity (Wildman–Crippen MR) is 112 cm³/mol. The summed E-state index contributed by atoms with van der Waals surface area (Å²) in [6, 6.07) is 3.21. The third-order valence-corrected chi connectivity index (χ3v) is 5.28. The first kappa shape index (κ1) is 20.9. The summed E-state index contributed by atoms with van der Waals surface area (Å²) in [5.41, 5.74) is 7.08. The van der Waals surface area contributed by atoms with Crippen molar-refractivity contribution in [1.82, 2.24) is 0 Å². The van der Waals surface area contributed by atoms with Crippen molar-refractivity contribution in [3.05, 3.63) is 40.5 Å². The SMILES string of the molecule is CC/C=C/CN1C(=O)COc2cc(Cl)c(NC(=O)C3=C(C(N)=O)CCCC3)cc21. The maximum Gasteiger partial charge on any atom is 0.265 e. The van der Waals surface area contributed by atoms with Crippen LogP contribution in [-0.2, 0) is 14.4 Å². The van der Waals surface area contributed by atoms with E-state index in [1.807, 2.05) is 19.1 Å². The van der Waals surface area contributed by atoms with Crippen molar-refractivity contribution >= 4 is 40.7 Å². The van der Waals surface area contributed by atoms with Gasteiger partial charge in [-0.3, -0.25) is 14.4 Å². The van der Waals surface area contributed by atoms with Crippen LogP contribution >= 0.6 is 11.6 Å². The Morgan fingerprint density at radius 3 is 2.66 bits per heavy atom. The van der Waals surface area contributed by atoms with Crippen LogP contribution in [0.2, 0.25) is 5.02 Å². The molecule has 1 aromatic rings. The van der Waals surface area contributed by atoms with Gasteiger partial charge in [-0.05, 0) is 38.2 Å². The van der Waals surface area contributed by atoms with Gasteiger partial charge in [-0.15, -0.1) is 0 Å². The minimum Gasteiger partial charge on any atom is -0.482 e. The molecule has 0 saturated carbocycles. The zero-order chi connectivity index (χ0) is 21.0. The molecule has 0 bridgehead atoms. The highest BCUT2D eigenvalue weighted by Gasteiger charge is 2.28. The van der Waals surface area contributed by atoms with Crippen LogP contribution in [0.5, 0.6) is 5.75 Å². The van der Waals surface area contributed by atoms with E-state index in [0.29, 0.717) is 47.7 Å². The van der Waals surface area contributed by atoms with Crippen molar-refractivity contribution in [2.45, 2.75) is 39.0 Å². The molecule has 1 aliphatic carbocycles. The molecule has 0 unspecified atom stereocenters. The lowest BCUT2D eigenvalue weighted by Crippen LogP contribution is -2.39. The second-order valence-electron chi connectivity index (χ2n) is 6.96. The first-order valence-electron chi connectivity index (χ1n) is 9.67. The molecule has 0 saturated heterocycles. The van der Waals surface area contributed by atoms with E-state index in [2.05, 4.69) is 5.32 Å². The zero-order valence-corrected chi connectivity index (χ0v) is 17.1. The van der Waals surface area contributed by atoms with E-state index < -0.39 is 11.8 Å². The molecule has 2 aliphatic rings. The van der Waals surface area contributed by atoms with Gasteiger partial charge in [0.2, 0.25) is 5.91 Å². The lowest BCUT2D eigenvalue weighted by atomic mass is 9.90. The van der Waals surface area contributed by atoms with Crippen molar-refractivity contribution < 1.29 is 19.1 Å². The van der Waals surface area contributed by atoms with Gasteiger partial charge in [0, 0.05) is 23.8 Å². The number of allylic oxidation sites excluding steroid dienone is 1. The number of hydrogen-bond acceptors (Lipinski definition) is 4. The fraction of sp³-hybridized carbons (Fsp3) is 0.381. The number of carbonyl (C=O) groups excluding carboxylic acids is 3. The molecule has 7 nitrogen and oxygen atoms in total. The van der Waals surface area contributed by atoms with Crippen LogP contribution in [0.4, 0.5) is 11.4 Å². The van der Waals surface area contributed by atoms with Crippen LogP contribution in [-0.4, -0.2) is 30.9 Å². The smallest absolute Gasteiger partial charge is 0.265 e. The summed E-state index contributed by atoms with van der Waals surface area (Å²) in [4.78, 5) is 38.4. The highest BCUT2D eigenvalue weighted by molar-refractivity contribution is 6.34. The van der Waals surface area contributed by atoms with Crippen molar-refractivity contribution in [1.29, 1.82) is 0 Å². The summed E-state index contributed by atoms with van der Waals surface area (Å²) in [6.07, 6.45) is 7.38. The summed E-state index contributed by atoms with van der Waals surface area (Å²) in [5.74, 6) is -0.670. The number of rotatable bonds is 6. The normalized spacial score (nSPS) is 16.6. The van der Waals surface area contributed by atoms with Gasteiger partial charge >= 0.3 is 0 Å². The third kappa shape index (κ3) is 4.62. The van der Waals surface area contributed by atoms with Gasteiger partial charge in [-0.2, -0.15) is 0 Å². The zero-order valence-electron chi connectivity index (χ0n) is 16.3. The minimum atomic E-state index is -0.570. The molecule has 0 fully saturated rings. The van der Waals surface area contributed by atoms with Gasteiger partial charge in [-0.1, -0.05) is 30.7 Å². The summed E-state index contributed by atoms with van der Waals surface area (Å²) >= 11 is 6.33. The quantitative estimate of drug-likeness (QED) is 0.693. The van der Waals surface area contributed by atoms with Crippen molar-refractivity contribution in [3.8, 4) is 5.75 Å². The summed E-state index contributed by atoms with van der Waals surface area (Å²) < 4.78 is 5.49. The Hall–Kier alpha value is -2.80. The molecule has 1 aromatic carbocycles. The molecule has 3 rings (SSSR count). The van der Waals surface area contributed by atoms with Crippen LogP contribution in [0, 0.1) is 0 Å². The van der Waals surface area contributed by atoms with Crippen LogP contribution < -0.4 is 20.7 Å². The number of carbonyl (C=O) groups is 3. The highest BCUT2D eigenvalue weighted by atomic mass is 35.5. The fourth-order valence-electron chi connectivity index (χ4n) is 3.49. The van der Waals surface area contributed by atoms with Gasteiger partial charge < -0.3 is 20.7 Å². The number of nitrogens with two attached hydrogens (primary N) is 1. The second kappa shape index (κ2) is 9.13. The maximum atomic E-state index is 12.8. The molecule has 1 aliphatic heterocycles. The van der Waals surface area contributed by atoms with Crippen molar-refractivity contribution in [2.75, 3.05) is 23.4 Å². The molecular weight excluding hydrogens is 394 g/mol. The molecule has 0 atom stereocenters. The molecule has 1 heterocycles. The van der Waals surface area contributed by atoms with E-state index >= 15 is 0 Å². The van der Waals surface area contributed by atoms with E-state index in [4.69, 9.17) is 22.1 Å². The summed E-state index contributed by atoms with van der Waals surface area (Å²) in [6.45, 7) is 2.35. The molecule has 154 valence electrons. The predicted octanol–water partition coefficient (Wildman–Crippen LogP) is 3.33. The van der Waals surface area contributed by atoms with Crippen molar-refractivity contribution in [2.24, 2.45) is 5.73 Å². The monoisotopic (exact) mass is 417 g/mol. The lowest BCUT2D eigenvalue weighted by Gasteiger charge is -2.29. The third-order valence-electron chi connectivity index (χ3n) is 4.97. The van der Waals surface area contributed by atoms with E-state index in [1.165, 1.54) is 0 Å². The Morgan fingerprint density at radius 2 is 1.97 bits per heavy atom. The van der Waals surface area contributed by atoms with Crippen molar-refractivity contribution in [3.63, 3.8) is 0 Å². The maximum absolute atomic E-state index is 12.8. The number of hydrogen-bond donors (Lipinski definition) is 2. The molecule has 3 amide bonds. The Bertz CT molecular complexity index is 907. The fourth-order valence-corrected chi connectivity index (χ4v) is 3.69. The number of amides is 3. The summed E-state index contributed by atoms with van der Waals surface area (Å²) in [5, 5.41) is 3.05. The lowest BCUT2D eigenvalue weighted by molar-refractivity contribution is -0.121. The molecule has 8 heteroatoms. The summed E-state index contributed by atoms with van der Waals surface area (Å²) in [7, 11) is 0.